The van der Waals surface area contributed by atoms with Gasteiger partial charge in [0.25, 0.3) is 5.56 Å². The van der Waals surface area contributed by atoms with Crippen LogP contribution in [0.5, 0.6) is 11.5 Å². The van der Waals surface area contributed by atoms with Gasteiger partial charge in [-0.1, -0.05) is 43.3 Å². The molecule has 192 valence electrons. The molecule has 6 rings (SSSR count). The number of para-hydroxylation sites is 1. The highest BCUT2D eigenvalue weighted by Gasteiger charge is 2.30. The predicted octanol–water partition coefficient (Wildman–Crippen LogP) is 4.66. The first kappa shape index (κ1) is 23.7. The zero-order valence-electron chi connectivity index (χ0n) is 21.0. The largest absolute Gasteiger partial charge is 0.457 e. The normalized spacial score (nSPS) is 15.0. The number of imidazole rings is 1. The van der Waals surface area contributed by atoms with E-state index in [4.69, 9.17) is 9.72 Å². The number of rotatable bonds is 5. The fourth-order valence-electron chi connectivity index (χ4n) is 4.98. The van der Waals surface area contributed by atoms with E-state index in [0.717, 1.165) is 16.0 Å². The Kier molecular flexibility index (Phi) is 5.83. The number of aryl methyl sites for hydroxylation is 1. The second-order valence-corrected chi connectivity index (χ2v) is 9.64. The van der Waals surface area contributed by atoms with Gasteiger partial charge in [-0.3, -0.25) is 13.9 Å². The van der Waals surface area contributed by atoms with Gasteiger partial charge in [0.05, 0.1) is 6.54 Å². The molecule has 0 spiro atoms. The standard InChI is InChI=1S/C29H26FN5O3/c1-19-16-33(21-12-14-23(15-13-21)38-22-9-4-3-5-10-22)28-31-26-25(34(28)17-19)27(36)35(29(37)32(26)2)18-20-8-6-7-11-24(20)30/h3-15,19H,16-18H2,1-2H3/t19-/m0/s1. The Labute approximate surface area is 217 Å². The van der Waals surface area contributed by atoms with Crippen molar-refractivity contribution in [3.8, 4) is 11.5 Å². The molecule has 0 amide bonds. The molecule has 1 atom stereocenters. The van der Waals surface area contributed by atoms with Crippen LogP contribution in [0.3, 0.4) is 0 Å². The third-order valence-electron chi connectivity index (χ3n) is 6.86. The number of hydrogen-bond acceptors (Lipinski definition) is 5. The van der Waals surface area contributed by atoms with Crippen LogP contribution in [0.1, 0.15) is 12.5 Å². The van der Waals surface area contributed by atoms with Gasteiger partial charge < -0.3 is 14.2 Å². The monoisotopic (exact) mass is 511 g/mol. The van der Waals surface area contributed by atoms with Crippen LogP contribution in [-0.4, -0.2) is 25.2 Å². The van der Waals surface area contributed by atoms with Gasteiger partial charge >= 0.3 is 5.69 Å². The summed E-state index contributed by atoms with van der Waals surface area (Å²) in [6.45, 7) is 3.22. The first-order valence-electron chi connectivity index (χ1n) is 12.4. The molecule has 1 aliphatic rings. The predicted molar refractivity (Wildman–Crippen MR) is 144 cm³/mol. The Morgan fingerprint density at radius 3 is 2.34 bits per heavy atom. The fourth-order valence-corrected chi connectivity index (χ4v) is 4.98. The number of fused-ring (bicyclic) bond motifs is 3. The highest BCUT2D eigenvalue weighted by molar-refractivity contribution is 5.77. The van der Waals surface area contributed by atoms with Gasteiger partial charge in [-0.15, -0.1) is 0 Å². The molecule has 8 nitrogen and oxygen atoms in total. The number of halogens is 1. The lowest BCUT2D eigenvalue weighted by Crippen LogP contribution is -2.40. The summed E-state index contributed by atoms with van der Waals surface area (Å²) in [5, 5.41) is 0. The number of benzene rings is 3. The van der Waals surface area contributed by atoms with Crippen LogP contribution in [0.4, 0.5) is 16.0 Å². The average molecular weight is 512 g/mol. The Morgan fingerprint density at radius 2 is 1.61 bits per heavy atom. The first-order valence-corrected chi connectivity index (χ1v) is 12.4. The number of anilines is 2. The molecule has 2 aromatic heterocycles. The van der Waals surface area contributed by atoms with E-state index in [0.29, 0.717) is 36.0 Å². The molecule has 0 radical (unpaired) electrons. The van der Waals surface area contributed by atoms with Crippen molar-refractivity contribution in [1.29, 1.82) is 0 Å². The van der Waals surface area contributed by atoms with E-state index in [-0.39, 0.29) is 18.0 Å². The summed E-state index contributed by atoms with van der Waals surface area (Å²) < 4.78 is 24.6. The van der Waals surface area contributed by atoms with E-state index < -0.39 is 17.1 Å². The van der Waals surface area contributed by atoms with Crippen molar-refractivity contribution in [3.05, 3.63) is 111 Å². The topological polar surface area (TPSA) is 74.3 Å². The molecule has 0 N–H and O–H groups in total. The minimum Gasteiger partial charge on any atom is -0.457 e. The molecule has 3 aromatic carbocycles. The Hall–Kier alpha value is -4.66. The van der Waals surface area contributed by atoms with E-state index in [9.17, 15) is 14.0 Å². The van der Waals surface area contributed by atoms with Crippen molar-refractivity contribution in [2.24, 2.45) is 13.0 Å². The number of aromatic nitrogens is 4. The molecule has 3 heterocycles. The van der Waals surface area contributed by atoms with E-state index in [2.05, 4.69) is 6.92 Å². The number of ether oxygens (including phenoxy) is 1. The molecule has 0 aliphatic carbocycles. The summed E-state index contributed by atoms with van der Waals surface area (Å²) in [5.41, 5.74) is 0.790. The minimum atomic E-state index is -0.539. The molecule has 0 unspecified atom stereocenters. The zero-order valence-corrected chi connectivity index (χ0v) is 21.0. The third kappa shape index (κ3) is 4.06. The zero-order chi connectivity index (χ0) is 26.4. The highest BCUT2D eigenvalue weighted by atomic mass is 19.1. The van der Waals surface area contributed by atoms with Crippen molar-refractivity contribution in [2.45, 2.75) is 20.0 Å². The maximum absolute atomic E-state index is 14.3. The lowest BCUT2D eigenvalue weighted by Gasteiger charge is -2.33. The van der Waals surface area contributed by atoms with Crippen LogP contribution in [0.25, 0.3) is 11.2 Å². The average Bonchev–Trinajstić information content (AvgIpc) is 3.31. The molecule has 1 aliphatic heterocycles. The quantitative estimate of drug-likeness (QED) is 0.343. The lowest BCUT2D eigenvalue weighted by atomic mass is 10.1. The van der Waals surface area contributed by atoms with Crippen LogP contribution in [-0.2, 0) is 20.1 Å². The smallest absolute Gasteiger partial charge is 0.332 e. The summed E-state index contributed by atoms with van der Waals surface area (Å²) in [4.78, 5) is 33.6. The van der Waals surface area contributed by atoms with E-state index in [1.165, 1.54) is 10.6 Å². The Bertz CT molecular complexity index is 1760. The van der Waals surface area contributed by atoms with Gasteiger partial charge in [0.2, 0.25) is 5.95 Å². The molecule has 0 saturated heterocycles. The minimum absolute atomic E-state index is 0.156. The maximum Gasteiger partial charge on any atom is 0.332 e. The highest BCUT2D eigenvalue weighted by Crippen LogP contribution is 2.34. The fraction of sp³-hybridized carbons (Fsp3) is 0.207. The second-order valence-electron chi connectivity index (χ2n) is 9.64. The molecule has 38 heavy (non-hydrogen) atoms. The third-order valence-corrected chi connectivity index (χ3v) is 6.86. The number of hydrogen-bond donors (Lipinski definition) is 0. The second kappa shape index (κ2) is 9.33. The SMILES string of the molecule is C[C@H]1CN(c2ccc(Oc3ccccc3)cc2)c2nc3c(c(=O)n(Cc4ccccc4F)c(=O)n3C)n2C1. The maximum atomic E-state index is 14.3. The van der Waals surface area contributed by atoms with Gasteiger partial charge in [0.15, 0.2) is 11.2 Å². The van der Waals surface area contributed by atoms with Crippen LogP contribution in [0, 0.1) is 11.7 Å². The summed E-state index contributed by atoms with van der Waals surface area (Å²) >= 11 is 0. The number of nitrogens with zero attached hydrogens (tertiary/aromatic N) is 5. The molecule has 0 bridgehead atoms. The van der Waals surface area contributed by atoms with Crippen molar-refractivity contribution in [3.63, 3.8) is 0 Å². The van der Waals surface area contributed by atoms with Crippen molar-refractivity contribution in [1.82, 2.24) is 18.7 Å². The molecule has 5 aromatic rings. The molecular formula is C29H26FN5O3. The van der Waals surface area contributed by atoms with E-state index in [1.54, 1.807) is 25.2 Å². The van der Waals surface area contributed by atoms with Gasteiger partial charge in [0, 0.05) is 31.4 Å². The van der Waals surface area contributed by atoms with Gasteiger partial charge in [-0.2, -0.15) is 4.98 Å². The summed E-state index contributed by atoms with van der Waals surface area (Å²) in [5.74, 6) is 1.79. The molecule has 0 fully saturated rings. The van der Waals surface area contributed by atoms with Crippen molar-refractivity contribution < 1.29 is 9.13 Å². The summed E-state index contributed by atoms with van der Waals surface area (Å²) in [6, 6.07) is 23.4. The van der Waals surface area contributed by atoms with Crippen LogP contribution >= 0.6 is 0 Å². The lowest BCUT2D eigenvalue weighted by molar-refractivity contribution is 0.457. The Balaban J connectivity index is 1.42. The molecule has 9 heteroatoms. The first-order chi connectivity index (χ1) is 18.4. The van der Waals surface area contributed by atoms with Gasteiger partial charge in [-0.05, 0) is 48.4 Å². The summed E-state index contributed by atoms with van der Waals surface area (Å²) in [7, 11) is 1.59. The van der Waals surface area contributed by atoms with E-state index >= 15 is 0 Å². The molecular weight excluding hydrogens is 485 g/mol. The van der Waals surface area contributed by atoms with Gasteiger partial charge in [0.1, 0.15) is 17.3 Å². The van der Waals surface area contributed by atoms with E-state index in [1.807, 2.05) is 64.1 Å². The Morgan fingerprint density at radius 1 is 0.921 bits per heavy atom. The van der Waals surface area contributed by atoms with Gasteiger partial charge in [-0.25, -0.2) is 9.18 Å². The molecule has 0 saturated carbocycles. The van der Waals surface area contributed by atoms with Crippen molar-refractivity contribution >= 4 is 22.8 Å². The van der Waals surface area contributed by atoms with Crippen LogP contribution in [0.2, 0.25) is 0 Å². The van der Waals surface area contributed by atoms with Crippen LogP contribution in [0.15, 0.2) is 88.5 Å². The van der Waals surface area contributed by atoms with Crippen molar-refractivity contribution in [2.75, 3.05) is 11.4 Å². The van der Waals surface area contributed by atoms with Crippen LogP contribution < -0.4 is 20.9 Å². The summed E-state index contributed by atoms with van der Waals surface area (Å²) in [6.07, 6.45) is 0.